The molecule has 0 spiro atoms. The molecule has 0 bridgehead atoms. The number of ether oxygens (including phenoxy) is 1. The third-order valence-electron chi connectivity index (χ3n) is 4.39. The van der Waals surface area contributed by atoms with Gasteiger partial charge in [-0.3, -0.25) is 0 Å². The summed E-state index contributed by atoms with van der Waals surface area (Å²) in [6.45, 7) is 1.21. The molecule has 3 amide bonds. The highest BCUT2D eigenvalue weighted by atomic mass is 32.2. The summed E-state index contributed by atoms with van der Waals surface area (Å²) in [6.07, 6.45) is -5.16. The van der Waals surface area contributed by atoms with Gasteiger partial charge in [0.25, 0.3) is 0 Å². The molecule has 1 heterocycles. The molecule has 0 aliphatic carbocycles. The van der Waals surface area contributed by atoms with Crippen LogP contribution in [-0.2, 0) is 29.5 Å². The van der Waals surface area contributed by atoms with Crippen LogP contribution in [0.3, 0.4) is 0 Å². The molecule has 16 heteroatoms. The molecule has 11 nitrogen and oxygen atoms in total. The number of alkyl halides is 3. The fraction of sp³-hybridized carbons (Fsp3) is 0.350. The van der Waals surface area contributed by atoms with Gasteiger partial charge >= 0.3 is 28.5 Å². The van der Waals surface area contributed by atoms with E-state index in [2.05, 4.69) is 15.6 Å². The van der Waals surface area contributed by atoms with Crippen LogP contribution in [0.2, 0.25) is 0 Å². The smallest absolute Gasteiger partial charge is 0.433 e. The van der Waals surface area contributed by atoms with Gasteiger partial charge in [-0.1, -0.05) is 19.4 Å². The normalized spacial score (nSPS) is 11.6. The predicted octanol–water partition coefficient (Wildman–Crippen LogP) is 3.34. The lowest BCUT2D eigenvalue weighted by Crippen LogP contribution is -2.39. The maximum absolute atomic E-state index is 14.3. The number of carbonyl (C=O) groups excluding carboxylic acids is 1. The van der Waals surface area contributed by atoms with Crippen molar-refractivity contribution in [2.24, 2.45) is 0 Å². The Balaban J connectivity index is 2.00. The molecule has 36 heavy (non-hydrogen) atoms. The standard InChI is InChI=1S/C20H23F4N5O6S/c1-2-3-8-35-17-13(5-7-16(28-17)20(22,23)24)10-25-18(30)27-14-6-4-12(15(21)9-14)11-26-36(33,34)29-19(31)32/h4-7,9,26,29H,2-3,8,10-11H2,1H3,(H,31,32)(H2,25,27,30). The van der Waals surface area contributed by atoms with Crippen molar-refractivity contribution in [2.75, 3.05) is 11.9 Å². The van der Waals surface area contributed by atoms with Gasteiger partial charge in [0.1, 0.15) is 11.5 Å². The molecular weight excluding hydrogens is 514 g/mol. The number of unbranched alkanes of at least 4 members (excludes halogenated alkanes) is 1. The number of urea groups is 1. The lowest BCUT2D eigenvalue weighted by Gasteiger charge is -2.14. The van der Waals surface area contributed by atoms with E-state index >= 15 is 0 Å². The number of pyridine rings is 1. The van der Waals surface area contributed by atoms with Gasteiger partial charge in [-0.2, -0.15) is 26.3 Å². The maximum Gasteiger partial charge on any atom is 0.433 e. The van der Waals surface area contributed by atoms with Crippen molar-refractivity contribution in [1.82, 2.24) is 19.7 Å². The number of hydrogen-bond donors (Lipinski definition) is 5. The van der Waals surface area contributed by atoms with Crippen LogP contribution < -0.4 is 24.8 Å². The Hall–Kier alpha value is -3.66. The number of amides is 3. The van der Waals surface area contributed by atoms with Crippen LogP contribution in [0.1, 0.15) is 36.6 Å². The number of anilines is 1. The molecule has 1 aromatic carbocycles. The van der Waals surface area contributed by atoms with E-state index in [1.54, 1.807) is 0 Å². The Morgan fingerprint density at radius 3 is 2.42 bits per heavy atom. The third-order valence-corrected chi connectivity index (χ3v) is 5.36. The molecule has 0 aliphatic heterocycles. The minimum atomic E-state index is -4.67. The van der Waals surface area contributed by atoms with E-state index in [1.165, 1.54) is 10.8 Å². The van der Waals surface area contributed by atoms with E-state index in [0.29, 0.717) is 6.42 Å². The van der Waals surface area contributed by atoms with E-state index in [0.717, 1.165) is 30.7 Å². The second-order valence-corrected chi connectivity index (χ2v) is 8.71. The van der Waals surface area contributed by atoms with E-state index in [-0.39, 0.29) is 35.8 Å². The molecule has 198 valence electrons. The largest absolute Gasteiger partial charge is 0.477 e. The summed E-state index contributed by atoms with van der Waals surface area (Å²) in [5.74, 6) is -1.17. The molecule has 5 N–H and O–H groups in total. The molecule has 0 atom stereocenters. The lowest BCUT2D eigenvalue weighted by molar-refractivity contribution is -0.141. The first kappa shape index (κ1) is 28.6. The zero-order valence-electron chi connectivity index (χ0n) is 18.8. The molecule has 0 radical (unpaired) electrons. The average molecular weight is 537 g/mol. The highest BCUT2D eigenvalue weighted by Crippen LogP contribution is 2.30. The molecular formula is C20H23F4N5O6S. The summed E-state index contributed by atoms with van der Waals surface area (Å²) in [4.78, 5) is 26.1. The maximum atomic E-state index is 14.3. The quantitative estimate of drug-likeness (QED) is 0.217. The zero-order valence-corrected chi connectivity index (χ0v) is 19.6. The number of nitrogens with one attached hydrogen (secondary N) is 4. The van der Waals surface area contributed by atoms with Crippen molar-refractivity contribution >= 4 is 28.0 Å². The Morgan fingerprint density at radius 2 is 1.81 bits per heavy atom. The molecule has 0 saturated heterocycles. The monoisotopic (exact) mass is 537 g/mol. The molecule has 0 saturated carbocycles. The number of benzene rings is 1. The highest BCUT2D eigenvalue weighted by Gasteiger charge is 2.33. The van der Waals surface area contributed by atoms with Gasteiger partial charge in [0, 0.05) is 29.9 Å². The van der Waals surface area contributed by atoms with E-state index < -0.39 is 46.6 Å². The van der Waals surface area contributed by atoms with Gasteiger partial charge in [-0.05, 0) is 30.7 Å². The second kappa shape index (κ2) is 12.3. The summed E-state index contributed by atoms with van der Waals surface area (Å²) in [6, 6.07) is 4.39. The Kier molecular flexibility index (Phi) is 9.80. The number of rotatable bonds is 11. The van der Waals surface area contributed by atoms with E-state index in [4.69, 9.17) is 9.84 Å². The number of carboxylic acid groups (broad SMARTS) is 1. The topological polar surface area (TPSA) is 159 Å². The number of hydrogen-bond acceptors (Lipinski definition) is 6. The van der Waals surface area contributed by atoms with E-state index in [1.807, 2.05) is 11.6 Å². The van der Waals surface area contributed by atoms with Gasteiger partial charge in [-0.15, -0.1) is 0 Å². The summed E-state index contributed by atoms with van der Waals surface area (Å²) in [7, 11) is -4.40. The molecule has 0 fully saturated rings. The van der Waals surface area contributed by atoms with Crippen molar-refractivity contribution in [3.05, 3.63) is 53.0 Å². The van der Waals surface area contributed by atoms with Crippen molar-refractivity contribution in [3.8, 4) is 5.88 Å². The van der Waals surface area contributed by atoms with Crippen molar-refractivity contribution in [1.29, 1.82) is 0 Å². The number of carbonyl (C=O) groups is 2. The number of nitrogens with zero attached hydrogens (tertiary/aromatic N) is 1. The van der Waals surface area contributed by atoms with Crippen LogP contribution in [0.5, 0.6) is 5.88 Å². The van der Waals surface area contributed by atoms with Gasteiger partial charge < -0.3 is 20.5 Å². The third kappa shape index (κ3) is 9.18. The minimum Gasteiger partial charge on any atom is -0.477 e. The first-order valence-corrected chi connectivity index (χ1v) is 11.8. The molecule has 2 rings (SSSR count). The fourth-order valence-electron chi connectivity index (χ4n) is 2.64. The van der Waals surface area contributed by atoms with Crippen molar-refractivity contribution in [3.63, 3.8) is 0 Å². The summed E-state index contributed by atoms with van der Waals surface area (Å²) in [5, 5.41) is 13.2. The summed E-state index contributed by atoms with van der Waals surface area (Å²) < 4.78 is 84.4. The van der Waals surface area contributed by atoms with Crippen LogP contribution in [0, 0.1) is 5.82 Å². The molecule has 0 unspecified atom stereocenters. The highest BCUT2D eigenvalue weighted by molar-refractivity contribution is 7.88. The average Bonchev–Trinajstić information content (AvgIpc) is 2.76. The van der Waals surface area contributed by atoms with Gasteiger partial charge in [0.05, 0.1) is 6.61 Å². The Labute approximate surface area is 203 Å². The fourth-order valence-corrected chi connectivity index (χ4v) is 3.29. The second-order valence-electron chi connectivity index (χ2n) is 7.21. The van der Waals surface area contributed by atoms with Gasteiger partial charge in [0.15, 0.2) is 0 Å². The first-order valence-electron chi connectivity index (χ1n) is 10.3. The van der Waals surface area contributed by atoms with E-state index in [9.17, 15) is 35.6 Å². The summed E-state index contributed by atoms with van der Waals surface area (Å²) in [5.41, 5.74) is -1.09. The van der Waals surface area contributed by atoms with Gasteiger partial charge in [-0.25, -0.2) is 23.7 Å². The summed E-state index contributed by atoms with van der Waals surface area (Å²) >= 11 is 0. The van der Waals surface area contributed by atoms with Crippen LogP contribution in [0.15, 0.2) is 30.3 Å². The van der Waals surface area contributed by atoms with Crippen LogP contribution >= 0.6 is 0 Å². The minimum absolute atomic E-state index is 0.00904. The number of aromatic nitrogens is 1. The Bertz CT molecular complexity index is 1190. The predicted molar refractivity (Wildman–Crippen MR) is 119 cm³/mol. The van der Waals surface area contributed by atoms with Crippen LogP contribution in [-0.4, -0.2) is 37.2 Å². The Morgan fingerprint density at radius 1 is 1.11 bits per heavy atom. The first-order chi connectivity index (χ1) is 16.8. The zero-order chi connectivity index (χ0) is 26.9. The van der Waals surface area contributed by atoms with Crippen LogP contribution in [0.25, 0.3) is 0 Å². The molecule has 1 aromatic heterocycles. The SMILES string of the molecule is CCCCOc1nc(C(F)(F)F)ccc1CNC(=O)Nc1ccc(CNS(=O)(=O)NC(=O)O)c(F)c1. The number of halogens is 4. The van der Waals surface area contributed by atoms with Gasteiger partial charge in [0.2, 0.25) is 5.88 Å². The van der Waals surface area contributed by atoms with Crippen molar-refractivity contribution in [2.45, 2.75) is 39.0 Å². The molecule has 0 aliphatic rings. The van der Waals surface area contributed by atoms with Crippen LogP contribution in [0.4, 0.5) is 32.8 Å². The molecule has 2 aromatic rings. The van der Waals surface area contributed by atoms with Crippen molar-refractivity contribution < 1.29 is 45.4 Å². The lowest BCUT2D eigenvalue weighted by atomic mass is 10.2.